The smallest absolute Gasteiger partial charge is 0.289 e. The molecule has 2 aromatic heterocycles. The van der Waals surface area contributed by atoms with Crippen LogP contribution in [0.3, 0.4) is 0 Å². The van der Waals surface area contributed by atoms with Gasteiger partial charge in [-0.3, -0.25) is 15.2 Å². The SMILES string of the molecule is CCSc1cc(C(=O)Nc2n[nH]c(C(F)(F)F)n2)ccn1. The molecule has 0 aliphatic heterocycles. The van der Waals surface area contributed by atoms with Crippen LogP contribution < -0.4 is 5.32 Å². The van der Waals surface area contributed by atoms with E-state index >= 15 is 0 Å². The van der Waals surface area contributed by atoms with Gasteiger partial charge in [0.1, 0.15) is 0 Å². The Hall–Kier alpha value is -2.10. The summed E-state index contributed by atoms with van der Waals surface area (Å²) in [5, 5.41) is 7.85. The number of halogens is 3. The number of hydrogen-bond donors (Lipinski definition) is 2. The number of H-pyrrole nitrogens is 1. The first kappa shape index (κ1) is 15.3. The second kappa shape index (κ2) is 6.12. The minimum absolute atomic E-state index is 0.263. The molecular weight excluding hydrogens is 307 g/mol. The summed E-state index contributed by atoms with van der Waals surface area (Å²) >= 11 is 1.44. The van der Waals surface area contributed by atoms with E-state index in [-0.39, 0.29) is 5.56 Å². The van der Waals surface area contributed by atoms with Crippen LogP contribution in [0.1, 0.15) is 23.1 Å². The number of anilines is 1. The quantitative estimate of drug-likeness (QED) is 0.847. The molecule has 0 unspecified atom stereocenters. The van der Waals surface area contributed by atoms with E-state index in [1.165, 1.54) is 24.0 Å². The number of carbonyl (C=O) groups excluding carboxylic acids is 1. The third kappa shape index (κ3) is 3.94. The van der Waals surface area contributed by atoms with Crippen LogP contribution in [0, 0.1) is 0 Å². The molecule has 0 aromatic carbocycles. The van der Waals surface area contributed by atoms with Crippen LogP contribution in [0.2, 0.25) is 0 Å². The highest BCUT2D eigenvalue weighted by molar-refractivity contribution is 7.99. The number of rotatable bonds is 4. The lowest BCUT2D eigenvalue weighted by molar-refractivity contribution is -0.144. The minimum atomic E-state index is -4.64. The molecule has 2 aromatic rings. The fraction of sp³-hybridized carbons (Fsp3) is 0.273. The largest absolute Gasteiger partial charge is 0.451 e. The Balaban J connectivity index is 2.11. The average molecular weight is 317 g/mol. The van der Waals surface area contributed by atoms with E-state index in [1.54, 1.807) is 11.2 Å². The molecule has 1 amide bonds. The molecule has 21 heavy (non-hydrogen) atoms. The van der Waals surface area contributed by atoms with E-state index < -0.39 is 23.9 Å². The maximum absolute atomic E-state index is 12.3. The average Bonchev–Trinajstić information content (AvgIpc) is 2.88. The highest BCUT2D eigenvalue weighted by Gasteiger charge is 2.35. The fourth-order valence-electron chi connectivity index (χ4n) is 1.40. The summed E-state index contributed by atoms with van der Waals surface area (Å²) in [5.41, 5.74) is 0.263. The van der Waals surface area contributed by atoms with Crippen molar-refractivity contribution in [1.82, 2.24) is 20.2 Å². The first-order chi connectivity index (χ1) is 9.90. The summed E-state index contributed by atoms with van der Waals surface area (Å²) < 4.78 is 37.0. The van der Waals surface area contributed by atoms with Crippen molar-refractivity contribution in [3.05, 3.63) is 29.7 Å². The van der Waals surface area contributed by atoms with Crippen molar-refractivity contribution in [3.8, 4) is 0 Å². The van der Waals surface area contributed by atoms with Crippen molar-refractivity contribution < 1.29 is 18.0 Å². The zero-order valence-electron chi connectivity index (χ0n) is 10.7. The molecule has 0 saturated heterocycles. The lowest BCUT2D eigenvalue weighted by Crippen LogP contribution is -2.13. The molecule has 0 saturated carbocycles. The monoisotopic (exact) mass is 317 g/mol. The van der Waals surface area contributed by atoms with Crippen molar-refractivity contribution in [2.75, 3.05) is 11.1 Å². The second-order valence-corrected chi connectivity index (χ2v) is 5.06. The molecule has 2 rings (SSSR count). The van der Waals surface area contributed by atoms with Crippen LogP contribution in [-0.2, 0) is 6.18 Å². The molecule has 0 aliphatic carbocycles. The maximum atomic E-state index is 12.3. The van der Waals surface area contributed by atoms with E-state index in [2.05, 4.69) is 20.4 Å². The van der Waals surface area contributed by atoms with Crippen LogP contribution >= 0.6 is 11.8 Å². The summed E-state index contributed by atoms with van der Waals surface area (Å²) in [6.45, 7) is 1.94. The van der Waals surface area contributed by atoms with Crippen LogP contribution in [0.15, 0.2) is 23.4 Å². The Kier molecular flexibility index (Phi) is 4.46. The number of aromatic amines is 1. The summed E-state index contributed by atoms with van der Waals surface area (Å²) in [4.78, 5) is 19.1. The lowest BCUT2D eigenvalue weighted by atomic mass is 10.2. The first-order valence-corrected chi connectivity index (χ1v) is 6.78. The summed E-state index contributed by atoms with van der Waals surface area (Å²) in [7, 11) is 0. The molecule has 10 heteroatoms. The standard InChI is InChI=1S/C11H10F3N5OS/c1-2-21-7-5-6(3-4-15-7)8(20)16-10-17-9(18-19-10)11(12,13)14/h3-5H,2H2,1H3,(H2,16,17,18,19,20). The van der Waals surface area contributed by atoms with Crippen LogP contribution in [0.5, 0.6) is 0 Å². The third-order valence-electron chi connectivity index (χ3n) is 2.27. The van der Waals surface area contributed by atoms with Crippen molar-refractivity contribution in [3.63, 3.8) is 0 Å². The number of pyridine rings is 1. The molecular formula is C11H10F3N5OS. The lowest BCUT2D eigenvalue weighted by Gasteiger charge is -2.03. The van der Waals surface area contributed by atoms with E-state index in [1.807, 2.05) is 6.92 Å². The predicted octanol–water partition coefficient (Wildman–Crippen LogP) is 2.58. The Morgan fingerprint density at radius 3 is 2.86 bits per heavy atom. The number of alkyl halides is 3. The molecule has 6 nitrogen and oxygen atoms in total. The highest BCUT2D eigenvalue weighted by Crippen LogP contribution is 2.26. The topological polar surface area (TPSA) is 83.6 Å². The van der Waals surface area contributed by atoms with Crippen LogP contribution in [0.4, 0.5) is 19.1 Å². The zero-order valence-corrected chi connectivity index (χ0v) is 11.5. The number of aromatic nitrogens is 4. The number of hydrogen-bond acceptors (Lipinski definition) is 5. The Morgan fingerprint density at radius 1 is 1.48 bits per heavy atom. The van der Waals surface area contributed by atoms with Gasteiger partial charge in [-0.2, -0.15) is 18.2 Å². The first-order valence-electron chi connectivity index (χ1n) is 5.80. The van der Waals surface area contributed by atoms with E-state index in [4.69, 9.17) is 0 Å². The summed E-state index contributed by atoms with van der Waals surface area (Å²) in [6, 6.07) is 2.99. The fourth-order valence-corrected chi connectivity index (χ4v) is 2.04. The van der Waals surface area contributed by atoms with Crippen LogP contribution in [0.25, 0.3) is 0 Å². The van der Waals surface area contributed by atoms with Gasteiger partial charge < -0.3 is 0 Å². The number of nitrogens with zero attached hydrogens (tertiary/aromatic N) is 3. The second-order valence-electron chi connectivity index (χ2n) is 3.78. The van der Waals surface area contributed by atoms with Crippen LogP contribution in [-0.4, -0.2) is 31.8 Å². The van der Waals surface area contributed by atoms with E-state index in [0.717, 1.165) is 5.75 Å². The van der Waals surface area contributed by atoms with Gasteiger partial charge >= 0.3 is 6.18 Å². The van der Waals surface area contributed by atoms with Gasteiger partial charge in [0, 0.05) is 11.8 Å². The van der Waals surface area contributed by atoms with Gasteiger partial charge in [-0.1, -0.05) is 6.92 Å². The predicted molar refractivity (Wildman–Crippen MR) is 70.0 cm³/mol. The molecule has 0 bridgehead atoms. The third-order valence-corrected chi connectivity index (χ3v) is 3.08. The van der Waals surface area contributed by atoms with Crippen molar-refractivity contribution >= 4 is 23.6 Å². The molecule has 2 heterocycles. The molecule has 0 spiro atoms. The molecule has 0 fully saturated rings. The van der Waals surface area contributed by atoms with Crippen molar-refractivity contribution in [1.29, 1.82) is 0 Å². The van der Waals surface area contributed by atoms with Gasteiger partial charge in [-0.15, -0.1) is 16.9 Å². The number of thioether (sulfide) groups is 1. The van der Waals surface area contributed by atoms with Gasteiger partial charge in [0.15, 0.2) is 0 Å². The van der Waals surface area contributed by atoms with Gasteiger partial charge in [-0.05, 0) is 17.9 Å². The molecule has 2 N–H and O–H groups in total. The summed E-state index contributed by atoms with van der Waals surface area (Å²) in [5.74, 6) is -1.53. The number of amides is 1. The Bertz CT molecular complexity index is 643. The number of nitrogens with one attached hydrogen (secondary N) is 2. The van der Waals surface area contributed by atoms with Gasteiger partial charge in [-0.25, -0.2) is 4.98 Å². The van der Waals surface area contributed by atoms with Gasteiger partial charge in [0.05, 0.1) is 5.03 Å². The molecule has 0 radical (unpaired) electrons. The Morgan fingerprint density at radius 2 is 2.24 bits per heavy atom. The van der Waals surface area contributed by atoms with Gasteiger partial charge in [0.2, 0.25) is 11.8 Å². The van der Waals surface area contributed by atoms with Gasteiger partial charge in [0.25, 0.3) is 5.91 Å². The zero-order chi connectivity index (χ0) is 15.5. The van der Waals surface area contributed by atoms with Crippen molar-refractivity contribution in [2.45, 2.75) is 18.1 Å². The minimum Gasteiger partial charge on any atom is -0.289 e. The van der Waals surface area contributed by atoms with E-state index in [9.17, 15) is 18.0 Å². The maximum Gasteiger partial charge on any atom is 0.451 e. The highest BCUT2D eigenvalue weighted by atomic mass is 32.2. The number of carbonyl (C=O) groups is 1. The Labute approximate surface area is 121 Å². The molecule has 0 atom stereocenters. The normalized spacial score (nSPS) is 11.4. The molecule has 112 valence electrons. The summed E-state index contributed by atoms with van der Waals surface area (Å²) in [6.07, 6.45) is -3.19. The molecule has 0 aliphatic rings. The van der Waals surface area contributed by atoms with E-state index in [0.29, 0.717) is 5.03 Å². The van der Waals surface area contributed by atoms with Crippen molar-refractivity contribution in [2.24, 2.45) is 0 Å².